The van der Waals surface area contributed by atoms with Gasteiger partial charge in [-0.2, -0.15) is 11.8 Å². The quantitative estimate of drug-likeness (QED) is 0.534. The zero-order chi connectivity index (χ0) is 21.1. The molecule has 29 heavy (non-hydrogen) atoms. The second kappa shape index (κ2) is 13.0. The van der Waals surface area contributed by atoms with Crippen LogP contribution in [0.25, 0.3) is 0 Å². The molecule has 156 valence electrons. The number of amides is 1. The van der Waals surface area contributed by atoms with Crippen LogP contribution in [0.3, 0.4) is 0 Å². The van der Waals surface area contributed by atoms with E-state index in [2.05, 4.69) is 0 Å². The normalized spacial score (nSPS) is 11.8. The predicted octanol–water partition coefficient (Wildman–Crippen LogP) is 4.75. The van der Waals surface area contributed by atoms with E-state index in [1.165, 1.54) is 0 Å². The number of nitrogens with zero attached hydrogens (tertiary/aromatic N) is 1. The Morgan fingerprint density at radius 3 is 2.38 bits per heavy atom. The van der Waals surface area contributed by atoms with Crippen molar-refractivity contribution in [2.75, 3.05) is 24.4 Å². The summed E-state index contributed by atoms with van der Waals surface area (Å²) in [6.45, 7) is 0.322. The van der Waals surface area contributed by atoms with E-state index in [1.807, 2.05) is 36.6 Å². The van der Waals surface area contributed by atoms with Crippen LogP contribution in [-0.4, -0.2) is 51.4 Å². The number of benzene rings is 2. The molecule has 0 heterocycles. The van der Waals surface area contributed by atoms with E-state index in [1.54, 1.807) is 40.9 Å². The topological polar surface area (TPSA) is 57.6 Å². The monoisotopic (exact) mass is 451 g/mol. The van der Waals surface area contributed by atoms with Gasteiger partial charge >= 0.3 is 0 Å². The maximum Gasteiger partial charge on any atom is 0.224 e. The first kappa shape index (κ1) is 23.8. The van der Waals surface area contributed by atoms with Crippen molar-refractivity contribution in [2.24, 2.45) is 0 Å². The Labute approximate surface area is 186 Å². The van der Waals surface area contributed by atoms with Gasteiger partial charge in [0.1, 0.15) is 0 Å². The van der Waals surface area contributed by atoms with Gasteiger partial charge in [-0.15, -0.1) is 0 Å². The number of hydrogen-bond acceptors (Lipinski definition) is 5. The zero-order valence-corrected chi connectivity index (χ0v) is 18.8. The van der Waals surface area contributed by atoms with E-state index in [4.69, 9.17) is 11.6 Å². The van der Waals surface area contributed by atoms with Gasteiger partial charge in [0.15, 0.2) is 0 Å². The van der Waals surface area contributed by atoms with Gasteiger partial charge in [0, 0.05) is 29.3 Å². The molecule has 1 N–H and O–H groups in total. The molecule has 0 aromatic heterocycles. The van der Waals surface area contributed by atoms with Crippen molar-refractivity contribution in [1.29, 1.82) is 0 Å². The van der Waals surface area contributed by atoms with Gasteiger partial charge in [0.05, 0.1) is 12.6 Å². The number of carbonyl (C=O) groups is 2. The van der Waals surface area contributed by atoms with Crippen LogP contribution in [0.15, 0.2) is 54.6 Å². The van der Waals surface area contributed by atoms with Crippen molar-refractivity contribution in [2.45, 2.75) is 25.4 Å². The standard InChI is InChI=1S/C22H26ClNO3S2/c1-28-13-11-20(16-25)24(15-17-7-9-19(23)10-8-17)21(26)12-14-29-22(27)18-5-3-2-4-6-18/h2-10,20,25H,11-16H2,1H3/t20-/m0/s1. The Hall–Kier alpha value is -1.47. The molecule has 2 rings (SSSR count). The Morgan fingerprint density at radius 2 is 1.76 bits per heavy atom. The number of hydrogen-bond donors (Lipinski definition) is 1. The smallest absolute Gasteiger partial charge is 0.224 e. The van der Waals surface area contributed by atoms with Crippen molar-refractivity contribution in [1.82, 2.24) is 4.90 Å². The fraction of sp³-hybridized carbons (Fsp3) is 0.364. The number of carbonyl (C=O) groups excluding carboxylic acids is 2. The summed E-state index contributed by atoms with van der Waals surface area (Å²) in [5, 5.41) is 10.5. The lowest BCUT2D eigenvalue weighted by atomic mass is 10.1. The van der Waals surface area contributed by atoms with E-state index in [0.717, 1.165) is 23.1 Å². The summed E-state index contributed by atoms with van der Waals surface area (Å²) >= 11 is 8.80. The molecule has 0 fully saturated rings. The second-order valence-electron chi connectivity index (χ2n) is 6.52. The first-order valence-electron chi connectivity index (χ1n) is 9.41. The van der Waals surface area contributed by atoms with Crippen molar-refractivity contribution < 1.29 is 14.7 Å². The molecule has 7 heteroatoms. The number of aliphatic hydroxyl groups is 1. The Kier molecular flexibility index (Phi) is 10.6. The molecule has 2 aromatic carbocycles. The summed E-state index contributed by atoms with van der Waals surface area (Å²) < 4.78 is 0. The maximum absolute atomic E-state index is 13.0. The molecule has 4 nitrogen and oxygen atoms in total. The van der Waals surface area contributed by atoms with Gasteiger partial charge in [0.2, 0.25) is 11.0 Å². The lowest BCUT2D eigenvalue weighted by Gasteiger charge is -2.31. The lowest BCUT2D eigenvalue weighted by Crippen LogP contribution is -2.42. The highest BCUT2D eigenvalue weighted by Crippen LogP contribution is 2.19. The molecule has 0 saturated carbocycles. The van der Waals surface area contributed by atoms with E-state index >= 15 is 0 Å². The van der Waals surface area contributed by atoms with Gasteiger partial charge in [0.25, 0.3) is 0 Å². The van der Waals surface area contributed by atoms with Crippen molar-refractivity contribution in [3.63, 3.8) is 0 Å². The highest BCUT2D eigenvalue weighted by molar-refractivity contribution is 8.14. The fourth-order valence-electron chi connectivity index (χ4n) is 2.84. The van der Waals surface area contributed by atoms with Crippen LogP contribution in [0, 0.1) is 0 Å². The third kappa shape index (κ3) is 8.05. The molecule has 0 radical (unpaired) electrons. The van der Waals surface area contributed by atoms with Crippen molar-refractivity contribution in [3.05, 3.63) is 70.7 Å². The van der Waals surface area contributed by atoms with Crippen LogP contribution >= 0.6 is 35.1 Å². The van der Waals surface area contributed by atoms with E-state index in [-0.39, 0.29) is 30.1 Å². The molecule has 2 aromatic rings. The average Bonchev–Trinajstić information content (AvgIpc) is 2.75. The number of thioether (sulfide) groups is 2. The highest BCUT2D eigenvalue weighted by atomic mass is 35.5. The Morgan fingerprint density at radius 1 is 1.07 bits per heavy atom. The van der Waals surface area contributed by atoms with Crippen LogP contribution in [0.2, 0.25) is 5.02 Å². The maximum atomic E-state index is 13.0. The van der Waals surface area contributed by atoms with E-state index < -0.39 is 0 Å². The van der Waals surface area contributed by atoms with Gasteiger partial charge < -0.3 is 10.0 Å². The largest absolute Gasteiger partial charge is 0.394 e. The summed E-state index contributed by atoms with van der Waals surface area (Å²) in [7, 11) is 0. The minimum absolute atomic E-state index is 0.0382. The summed E-state index contributed by atoms with van der Waals surface area (Å²) in [6, 6.07) is 16.2. The Balaban J connectivity index is 2.00. The van der Waals surface area contributed by atoms with Crippen LogP contribution in [0.5, 0.6) is 0 Å². The predicted molar refractivity (Wildman–Crippen MR) is 124 cm³/mol. The van der Waals surface area contributed by atoms with Crippen molar-refractivity contribution >= 4 is 46.1 Å². The Bertz CT molecular complexity index is 771. The number of rotatable bonds is 11. The highest BCUT2D eigenvalue weighted by Gasteiger charge is 2.23. The lowest BCUT2D eigenvalue weighted by molar-refractivity contribution is -0.134. The summed E-state index contributed by atoms with van der Waals surface area (Å²) in [5.74, 6) is 1.20. The zero-order valence-electron chi connectivity index (χ0n) is 16.4. The van der Waals surface area contributed by atoms with Gasteiger partial charge in [-0.05, 0) is 36.1 Å². The third-order valence-corrected chi connectivity index (χ3v) is 6.25. The molecule has 0 unspecified atom stereocenters. The van der Waals surface area contributed by atoms with Gasteiger partial charge in [-0.3, -0.25) is 9.59 Å². The molecule has 0 aliphatic rings. The van der Waals surface area contributed by atoms with E-state index in [9.17, 15) is 14.7 Å². The number of aliphatic hydroxyl groups excluding tert-OH is 1. The molecular weight excluding hydrogens is 426 g/mol. The minimum Gasteiger partial charge on any atom is -0.394 e. The molecule has 0 spiro atoms. The molecule has 1 amide bonds. The van der Waals surface area contributed by atoms with E-state index in [0.29, 0.717) is 29.3 Å². The molecule has 1 atom stereocenters. The average molecular weight is 452 g/mol. The molecule has 0 aliphatic carbocycles. The minimum atomic E-state index is -0.250. The first-order valence-corrected chi connectivity index (χ1v) is 12.2. The van der Waals surface area contributed by atoms with Crippen LogP contribution in [0.1, 0.15) is 28.8 Å². The molecule has 0 aliphatic heterocycles. The van der Waals surface area contributed by atoms with Gasteiger partial charge in [-0.25, -0.2) is 0 Å². The summed E-state index contributed by atoms with van der Waals surface area (Å²) in [6.07, 6.45) is 2.96. The summed E-state index contributed by atoms with van der Waals surface area (Å²) in [5.41, 5.74) is 1.59. The van der Waals surface area contributed by atoms with Crippen LogP contribution < -0.4 is 0 Å². The van der Waals surface area contributed by atoms with Gasteiger partial charge in [-0.1, -0.05) is 65.8 Å². The van der Waals surface area contributed by atoms with Crippen LogP contribution in [-0.2, 0) is 11.3 Å². The van der Waals surface area contributed by atoms with Crippen molar-refractivity contribution in [3.8, 4) is 0 Å². The molecule has 0 bridgehead atoms. The molecular formula is C22H26ClNO3S2. The third-order valence-electron chi connectivity index (χ3n) is 4.45. The second-order valence-corrected chi connectivity index (χ2v) is 9.01. The molecule has 0 saturated heterocycles. The summed E-state index contributed by atoms with van der Waals surface area (Å²) in [4.78, 5) is 26.9. The SMILES string of the molecule is CSCC[C@@H](CO)N(Cc1ccc(Cl)cc1)C(=O)CCSC(=O)c1ccccc1. The van der Waals surface area contributed by atoms with Crippen LogP contribution in [0.4, 0.5) is 0 Å². The fourth-order valence-corrected chi connectivity index (χ4v) is 4.24. The number of halogens is 1. The first-order chi connectivity index (χ1) is 14.0.